The molecule has 0 aliphatic heterocycles. The van der Waals surface area contributed by atoms with Gasteiger partial charge in [-0.3, -0.25) is 0 Å². The van der Waals surface area contributed by atoms with E-state index in [1.807, 2.05) is 20.8 Å². The first-order chi connectivity index (χ1) is 9.11. The molecule has 0 aromatic carbocycles. The quantitative estimate of drug-likeness (QED) is 0.872. The number of aromatic nitrogens is 1. The van der Waals surface area contributed by atoms with Crippen molar-refractivity contribution in [3.63, 3.8) is 0 Å². The second-order valence-corrected chi connectivity index (χ2v) is 6.74. The molecule has 0 saturated heterocycles. The average molecular weight is 279 g/mol. The summed E-state index contributed by atoms with van der Waals surface area (Å²) in [7, 11) is 0. The first kappa shape index (κ1) is 16.6. The molecule has 0 aliphatic carbocycles. The van der Waals surface area contributed by atoms with Crippen molar-refractivity contribution in [3.8, 4) is 0 Å². The number of nitrogens with zero attached hydrogens (tertiary/aromatic N) is 1. The Morgan fingerprint density at radius 2 is 1.90 bits per heavy atom. The van der Waals surface area contributed by atoms with Gasteiger partial charge in [0, 0.05) is 29.5 Å². The Hall–Kier alpha value is -1.45. The summed E-state index contributed by atoms with van der Waals surface area (Å²) in [4.78, 5) is 11.7. The molecule has 2 amide bonds. The molecule has 114 valence electrons. The maximum absolute atomic E-state index is 11.7. The van der Waals surface area contributed by atoms with E-state index < -0.39 is 0 Å². The van der Waals surface area contributed by atoms with Gasteiger partial charge in [0.05, 0.1) is 0 Å². The molecular weight excluding hydrogens is 250 g/mol. The molecule has 0 fully saturated rings. The van der Waals surface area contributed by atoms with Crippen molar-refractivity contribution in [1.29, 1.82) is 0 Å². The maximum Gasteiger partial charge on any atom is 0.315 e. The maximum atomic E-state index is 11.7. The fraction of sp³-hybridized carbons (Fsp3) is 0.688. The number of carbonyl (C=O) groups excluding carboxylic acids is 1. The number of urea groups is 1. The van der Waals surface area contributed by atoms with Crippen molar-refractivity contribution in [3.05, 3.63) is 23.0 Å². The topological polar surface area (TPSA) is 46.1 Å². The third kappa shape index (κ3) is 4.58. The van der Waals surface area contributed by atoms with E-state index in [0.717, 1.165) is 6.42 Å². The number of amides is 2. The molecule has 2 N–H and O–H groups in total. The summed E-state index contributed by atoms with van der Waals surface area (Å²) >= 11 is 0. The van der Waals surface area contributed by atoms with Gasteiger partial charge < -0.3 is 15.2 Å². The molecule has 0 unspecified atom stereocenters. The van der Waals surface area contributed by atoms with Gasteiger partial charge in [0.15, 0.2) is 0 Å². The fourth-order valence-electron chi connectivity index (χ4n) is 2.59. The molecule has 20 heavy (non-hydrogen) atoms. The van der Waals surface area contributed by atoms with Crippen molar-refractivity contribution in [2.75, 3.05) is 6.54 Å². The third-order valence-electron chi connectivity index (χ3n) is 3.27. The molecule has 0 bridgehead atoms. The third-order valence-corrected chi connectivity index (χ3v) is 3.27. The van der Waals surface area contributed by atoms with Gasteiger partial charge in [0.1, 0.15) is 0 Å². The van der Waals surface area contributed by atoms with E-state index >= 15 is 0 Å². The molecule has 0 atom stereocenters. The summed E-state index contributed by atoms with van der Waals surface area (Å²) in [5.74, 6) is 0. The Labute approximate surface area is 122 Å². The lowest BCUT2D eigenvalue weighted by molar-refractivity contribution is 0.232. The van der Waals surface area contributed by atoms with E-state index in [0.29, 0.717) is 12.6 Å². The Morgan fingerprint density at radius 3 is 2.35 bits per heavy atom. The molecule has 0 aliphatic rings. The largest absolute Gasteiger partial charge is 0.346 e. The van der Waals surface area contributed by atoms with Gasteiger partial charge in [-0.15, -0.1) is 0 Å². The van der Waals surface area contributed by atoms with Crippen LogP contribution in [0.5, 0.6) is 0 Å². The number of carbonyl (C=O) groups is 1. The predicted molar refractivity (Wildman–Crippen MR) is 84.3 cm³/mol. The van der Waals surface area contributed by atoms with Gasteiger partial charge in [-0.2, -0.15) is 0 Å². The SMILES string of the molecule is Cc1cc(CCNC(=O)NC(C)(C)C)c(C)n1C(C)C. The van der Waals surface area contributed by atoms with Crippen LogP contribution in [0.4, 0.5) is 4.79 Å². The van der Waals surface area contributed by atoms with Gasteiger partial charge in [0.25, 0.3) is 0 Å². The molecule has 4 nitrogen and oxygen atoms in total. The van der Waals surface area contributed by atoms with Crippen LogP contribution in [0.3, 0.4) is 0 Å². The van der Waals surface area contributed by atoms with E-state index in [1.165, 1.54) is 17.0 Å². The lowest BCUT2D eigenvalue weighted by Gasteiger charge is -2.20. The van der Waals surface area contributed by atoms with Crippen molar-refractivity contribution in [2.45, 2.75) is 66.5 Å². The minimum atomic E-state index is -0.197. The Balaban J connectivity index is 2.55. The lowest BCUT2D eigenvalue weighted by Crippen LogP contribution is -2.46. The fourth-order valence-corrected chi connectivity index (χ4v) is 2.59. The smallest absolute Gasteiger partial charge is 0.315 e. The number of rotatable bonds is 4. The van der Waals surface area contributed by atoms with E-state index in [2.05, 4.69) is 49.0 Å². The number of hydrogen-bond donors (Lipinski definition) is 2. The predicted octanol–water partition coefficient (Wildman–Crippen LogP) is 3.33. The minimum Gasteiger partial charge on any atom is -0.346 e. The van der Waals surface area contributed by atoms with E-state index in [4.69, 9.17) is 0 Å². The van der Waals surface area contributed by atoms with E-state index in [1.54, 1.807) is 0 Å². The van der Waals surface area contributed by atoms with Crippen molar-refractivity contribution in [1.82, 2.24) is 15.2 Å². The zero-order chi connectivity index (χ0) is 15.5. The van der Waals surface area contributed by atoms with Gasteiger partial charge >= 0.3 is 6.03 Å². The Kier molecular flexibility index (Phi) is 5.26. The zero-order valence-electron chi connectivity index (χ0n) is 13.9. The standard InChI is InChI=1S/C16H29N3O/c1-11(2)19-12(3)10-14(13(19)4)8-9-17-15(20)18-16(5,6)7/h10-11H,8-9H2,1-7H3,(H2,17,18,20). The van der Waals surface area contributed by atoms with Crippen LogP contribution in [0.25, 0.3) is 0 Å². The summed E-state index contributed by atoms with van der Waals surface area (Å²) in [5, 5.41) is 5.81. The van der Waals surface area contributed by atoms with Crippen LogP contribution in [-0.2, 0) is 6.42 Å². The lowest BCUT2D eigenvalue weighted by atomic mass is 10.1. The summed E-state index contributed by atoms with van der Waals surface area (Å²) in [6, 6.07) is 2.59. The number of hydrogen-bond acceptors (Lipinski definition) is 1. The average Bonchev–Trinajstić information content (AvgIpc) is 2.51. The van der Waals surface area contributed by atoms with Gasteiger partial charge in [-0.1, -0.05) is 0 Å². The zero-order valence-corrected chi connectivity index (χ0v) is 13.9. The first-order valence-corrected chi connectivity index (χ1v) is 7.35. The van der Waals surface area contributed by atoms with Crippen molar-refractivity contribution < 1.29 is 4.79 Å². The molecule has 0 radical (unpaired) electrons. The van der Waals surface area contributed by atoms with E-state index in [9.17, 15) is 4.79 Å². The second kappa shape index (κ2) is 6.33. The van der Waals surface area contributed by atoms with Crippen LogP contribution in [0, 0.1) is 13.8 Å². The number of nitrogens with one attached hydrogen (secondary N) is 2. The van der Waals surface area contributed by atoms with Crippen molar-refractivity contribution in [2.24, 2.45) is 0 Å². The highest BCUT2D eigenvalue weighted by molar-refractivity contribution is 5.74. The van der Waals surface area contributed by atoms with Crippen LogP contribution >= 0.6 is 0 Å². The molecule has 4 heteroatoms. The Morgan fingerprint density at radius 1 is 1.30 bits per heavy atom. The van der Waals surface area contributed by atoms with Crippen LogP contribution in [0.2, 0.25) is 0 Å². The van der Waals surface area contributed by atoms with Crippen LogP contribution in [0.15, 0.2) is 6.07 Å². The van der Waals surface area contributed by atoms with Crippen LogP contribution in [-0.4, -0.2) is 22.7 Å². The van der Waals surface area contributed by atoms with E-state index in [-0.39, 0.29) is 11.6 Å². The normalized spacial score (nSPS) is 11.8. The molecule has 0 spiro atoms. The van der Waals surface area contributed by atoms with Crippen LogP contribution in [0.1, 0.15) is 57.6 Å². The van der Waals surface area contributed by atoms with Crippen molar-refractivity contribution >= 4 is 6.03 Å². The monoisotopic (exact) mass is 279 g/mol. The highest BCUT2D eigenvalue weighted by Crippen LogP contribution is 2.20. The molecule has 1 heterocycles. The molecule has 1 aromatic rings. The van der Waals surface area contributed by atoms with Gasteiger partial charge in [-0.25, -0.2) is 4.79 Å². The molecule has 1 rings (SSSR count). The van der Waals surface area contributed by atoms with Gasteiger partial charge in [0.2, 0.25) is 0 Å². The summed E-state index contributed by atoms with van der Waals surface area (Å²) in [6.07, 6.45) is 0.865. The summed E-state index contributed by atoms with van der Waals surface area (Å²) < 4.78 is 2.34. The Bertz CT molecular complexity index is 467. The highest BCUT2D eigenvalue weighted by atomic mass is 16.2. The molecule has 1 aromatic heterocycles. The number of aryl methyl sites for hydroxylation is 1. The second-order valence-electron chi connectivity index (χ2n) is 6.74. The summed E-state index contributed by atoms with van der Waals surface area (Å²) in [5.41, 5.74) is 3.70. The molecule has 0 saturated carbocycles. The molecular formula is C16H29N3O. The van der Waals surface area contributed by atoms with Crippen LogP contribution < -0.4 is 10.6 Å². The summed E-state index contributed by atoms with van der Waals surface area (Å²) in [6.45, 7) is 15.3. The highest BCUT2D eigenvalue weighted by Gasteiger charge is 2.14. The first-order valence-electron chi connectivity index (χ1n) is 7.35. The minimum absolute atomic E-state index is 0.102. The van der Waals surface area contributed by atoms with Gasteiger partial charge in [-0.05, 0) is 66.5 Å².